The lowest BCUT2D eigenvalue weighted by Crippen LogP contribution is -2.23. The van der Waals surface area contributed by atoms with E-state index in [0.717, 1.165) is 10.0 Å². The Bertz CT molecular complexity index is 924. The molecule has 0 aromatic heterocycles. The minimum Gasteiger partial charge on any atom is -0.508 e. The summed E-state index contributed by atoms with van der Waals surface area (Å²) in [6, 6.07) is 22.9. The largest absolute Gasteiger partial charge is 0.508 e. The van der Waals surface area contributed by atoms with Gasteiger partial charge < -0.3 is 9.84 Å². The quantitative estimate of drug-likeness (QED) is 0.455. The third-order valence-corrected chi connectivity index (χ3v) is 4.25. The van der Waals surface area contributed by atoms with Crippen LogP contribution in [0.25, 0.3) is 0 Å². The number of nitrogens with one attached hydrogen (secondary N) is 1. The molecule has 3 aromatic rings. The summed E-state index contributed by atoms with van der Waals surface area (Å²) in [6.07, 6.45) is 0. The number of hydrazone groups is 1. The molecule has 0 radical (unpaired) electrons. The first-order valence-corrected chi connectivity index (χ1v) is 9.01. The van der Waals surface area contributed by atoms with Crippen molar-refractivity contribution in [3.63, 3.8) is 0 Å². The van der Waals surface area contributed by atoms with Crippen molar-refractivity contribution in [3.05, 3.63) is 94.5 Å². The monoisotopic (exact) mass is 424 g/mol. The molecule has 0 unspecified atom stereocenters. The Balaban J connectivity index is 1.77. The highest BCUT2D eigenvalue weighted by molar-refractivity contribution is 9.10. The minimum absolute atomic E-state index is 0.0989. The molecule has 5 nitrogen and oxygen atoms in total. The Labute approximate surface area is 165 Å². The maximum Gasteiger partial charge on any atom is 0.271 e. The maximum atomic E-state index is 12.3. The molecular weight excluding hydrogens is 408 g/mol. The predicted molar refractivity (Wildman–Crippen MR) is 108 cm³/mol. The summed E-state index contributed by atoms with van der Waals surface area (Å²) in [5.41, 5.74) is 4.36. The average Bonchev–Trinajstić information content (AvgIpc) is 2.70. The highest BCUT2D eigenvalue weighted by atomic mass is 79.9. The van der Waals surface area contributed by atoms with Crippen LogP contribution in [0.2, 0.25) is 0 Å². The van der Waals surface area contributed by atoms with Crippen molar-refractivity contribution in [2.75, 3.05) is 6.61 Å². The van der Waals surface area contributed by atoms with E-state index in [-0.39, 0.29) is 18.3 Å². The number of benzene rings is 3. The van der Waals surface area contributed by atoms with Crippen LogP contribution in [0.4, 0.5) is 0 Å². The first-order chi connectivity index (χ1) is 13.1. The van der Waals surface area contributed by atoms with Crippen LogP contribution < -0.4 is 10.2 Å². The van der Waals surface area contributed by atoms with Gasteiger partial charge in [0.25, 0.3) is 5.91 Å². The summed E-state index contributed by atoms with van der Waals surface area (Å²) in [4.78, 5) is 12.3. The first kappa shape index (κ1) is 18.7. The predicted octanol–water partition coefficient (Wildman–Crippen LogP) is 4.37. The third kappa shape index (κ3) is 5.43. The summed E-state index contributed by atoms with van der Waals surface area (Å²) < 4.78 is 6.73. The van der Waals surface area contributed by atoms with Crippen molar-refractivity contribution in [2.24, 2.45) is 5.10 Å². The molecule has 0 aliphatic carbocycles. The van der Waals surface area contributed by atoms with Crippen molar-refractivity contribution in [1.29, 1.82) is 0 Å². The second-order valence-electron chi connectivity index (χ2n) is 5.65. The fourth-order valence-corrected chi connectivity index (χ4v) is 2.55. The molecule has 0 spiro atoms. The summed E-state index contributed by atoms with van der Waals surface area (Å²) in [5.74, 6) is 0.443. The van der Waals surface area contributed by atoms with E-state index in [2.05, 4.69) is 26.5 Å². The third-order valence-electron chi connectivity index (χ3n) is 3.72. The Morgan fingerprint density at radius 1 is 0.926 bits per heavy atom. The first-order valence-electron chi connectivity index (χ1n) is 8.21. The summed E-state index contributed by atoms with van der Waals surface area (Å²) in [6.45, 7) is 0.196. The molecule has 0 aliphatic heterocycles. The van der Waals surface area contributed by atoms with Gasteiger partial charge in [-0.3, -0.25) is 4.79 Å². The van der Waals surface area contributed by atoms with Crippen molar-refractivity contribution in [1.82, 2.24) is 5.43 Å². The zero-order valence-electron chi connectivity index (χ0n) is 14.3. The van der Waals surface area contributed by atoms with Crippen LogP contribution in [-0.2, 0) is 0 Å². The topological polar surface area (TPSA) is 70.9 Å². The Hall–Kier alpha value is -3.12. The number of rotatable bonds is 6. The SMILES string of the molecule is O=C(N/N=C(/COc1ccccc1)c1ccc(Br)cc1)c1ccc(O)cc1. The molecule has 136 valence electrons. The smallest absolute Gasteiger partial charge is 0.271 e. The van der Waals surface area contributed by atoms with Gasteiger partial charge in [0.05, 0.1) is 0 Å². The maximum absolute atomic E-state index is 12.3. The van der Waals surface area contributed by atoms with E-state index in [1.165, 1.54) is 24.3 Å². The van der Waals surface area contributed by atoms with Gasteiger partial charge in [0.2, 0.25) is 0 Å². The molecule has 6 heteroatoms. The average molecular weight is 425 g/mol. The number of phenols is 1. The number of aromatic hydroxyl groups is 1. The highest BCUT2D eigenvalue weighted by Gasteiger charge is 2.09. The minimum atomic E-state index is -0.371. The lowest BCUT2D eigenvalue weighted by molar-refractivity contribution is 0.0954. The molecule has 0 saturated carbocycles. The van der Waals surface area contributed by atoms with Crippen molar-refractivity contribution < 1.29 is 14.6 Å². The van der Waals surface area contributed by atoms with Crippen LogP contribution in [0.3, 0.4) is 0 Å². The standard InChI is InChI=1S/C21H17BrN2O3/c22-17-10-6-15(7-11-17)20(14-27-19-4-2-1-3-5-19)23-24-21(26)16-8-12-18(25)13-9-16/h1-13,25H,14H2,(H,24,26)/b23-20-. The van der Waals surface area contributed by atoms with Crippen LogP contribution >= 0.6 is 15.9 Å². The number of carbonyl (C=O) groups is 1. The van der Waals surface area contributed by atoms with Crippen LogP contribution in [0, 0.1) is 0 Å². The molecule has 0 atom stereocenters. The second-order valence-corrected chi connectivity index (χ2v) is 6.57. The van der Waals surface area contributed by atoms with Gasteiger partial charge in [-0.05, 0) is 48.5 Å². The Kier molecular flexibility index (Phi) is 6.22. The van der Waals surface area contributed by atoms with Gasteiger partial charge in [0.15, 0.2) is 0 Å². The van der Waals surface area contributed by atoms with Gasteiger partial charge in [-0.15, -0.1) is 0 Å². The van der Waals surface area contributed by atoms with Gasteiger partial charge in [0, 0.05) is 15.6 Å². The number of halogens is 1. The molecule has 0 aliphatic rings. The Morgan fingerprint density at radius 2 is 1.56 bits per heavy atom. The molecule has 0 saturated heterocycles. The fourth-order valence-electron chi connectivity index (χ4n) is 2.29. The van der Waals surface area contributed by atoms with Crippen molar-refractivity contribution >= 4 is 27.5 Å². The number of ether oxygens (including phenoxy) is 1. The second kappa shape index (κ2) is 9.00. The number of hydrogen-bond acceptors (Lipinski definition) is 4. The van der Waals surface area contributed by atoms with E-state index in [1.807, 2.05) is 54.6 Å². The number of nitrogens with zero attached hydrogens (tertiary/aromatic N) is 1. The van der Waals surface area contributed by atoms with E-state index in [4.69, 9.17) is 4.74 Å². The molecule has 3 aromatic carbocycles. The molecule has 1 amide bonds. The van der Waals surface area contributed by atoms with Crippen LogP contribution in [-0.4, -0.2) is 23.3 Å². The summed E-state index contributed by atoms with van der Waals surface area (Å²) in [7, 11) is 0. The van der Waals surface area contributed by atoms with Crippen LogP contribution in [0.1, 0.15) is 15.9 Å². The number of hydrogen-bond donors (Lipinski definition) is 2. The van der Waals surface area contributed by atoms with Gasteiger partial charge in [-0.25, -0.2) is 5.43 Å². The molecule has 27 heavy (non-hydrogen) atoms. The van der Waals surface area contributed by atoms with Crippen molar-refractivity contribution in [2.45, 2.75) is 0 Å². The molecule has 2 N–H and O–H groups in total. The lowest BCUT2D eigenvalue weighted by Gasteiger charge is -2.10. The zero-order valence-corrected chi connectivity index (χ0v) is 15.9. The summed E-state index contributed by atoms with van der Waals surface area (Å²) >= 11 is 3.41. The number of phenolic OH excluding ortho intramolecular Hbond substituents is 1. The molecule has 0 bridgehead atoms. The van der Waals surface area contributed by atoms with Gasteiger partial charge in [-0.2, -0.15) is 5.10 Å². The van der Waals surface area contributed by atoms with E-state index >= 15 is 0 Å². The van der Waals surface area contributed by atoms with Gasteiger partial charge >= 0.3 is 0 Å². The number of amides is 1. The highest BCUT2D eigenvalue weighted by Crippen LogP contribution is 2.14. The Morgan fingerprint density at radius 3 is 2.22 bits per heavy atom. The van der Waals surface area contributed by atoms with Crippen LogP contribution in [0.15, 0.2) is 88.4 Å². The van der Waals surface area contributed by atoms with E-state index in [0.29, 0.717) is 17.0 Å². The fraction of sp³-hybridized carbons (Fsp3) is 0.0476. The van der Waals surface area contributed by atoms with Gasteiger partial charge in [-0.1, -0.05) is 46.3 Å². The van der Waals surface area contributed by atoms with Crippen LogP contribution in [0.5, 0.6) is 11.5 Å². The summed E-state index contributed by atoms with van der Waals surface area (Å²) in [5, 5.41) is 13.6. The number of para-hydroxylation sites is 1. The van der Waals surface area contributed by atoms with Gasteiger partial charge in [0.1, 0.15) is 23.8 Å². The van der Waals surface area contributed by atoms with E-state index < -0.39 is 0 Å². The molecule has 0 fully saturated rings. The molecule has 3 rings (SSSR count). The lowest BCUT2D eigenvalue weighted by atomic mass is 10.1. The molecule has 0 heterocycles. The molecular formula is C21H17BrN2O3. The van der Waals surface area contributed by atoms with Crippen molar-refractivity contribution in [3.8, 4) is 11.5 Å². The zero-order chi connectivity index (χ0) is 19.1. The van der Waals surface area contributed by atoms with E-state index in [1.54, 1.807) is 0 Å². The number of carbonyl (C=O) groups excluding carboxylic acids is 1. The normalized spacial score (nSPS) is 11.1. The van der Waals surface area contributed by atoms with E-state index in [9.17, 15) is 9.90 Å².